The van der Waals surface area contributed by atoms with E-state index in [1.165, 1.54) is 12.1 Å². The van der Waals surface area contributed by atoms with Crippen LogP contribution >= 0.6 is 0 Å². The quantitative estimate of drug-likeness (QED) is 0.761. The molecular formula is C10H15NO5S. The minimum Gasteiger partial charge on any atom is -0.480 e. The van der Waals surface area contributed by atoms with Gasteiger partial charge in [0.05, 0.1) is 18.6 Å². The molecule has 0 amide bonds. The number of carbonyl (C=O) groups is 1. The van der Waals surface area contributed by atoms with Gasteiger partial charge in [0, 0.05) is 0 Å². The topological polar surface area (TPSA) is 107 Å². The lowest BCUT2D eigenvalue weighted by molar-refractivity contribution is -0.135. The summed E-state index contributed by atoms with van der Waals surface area (Å²) in [6, 6.07) is 6.50. The molecule has 7 heteroatoms. The van der Waals surface area contributed by atoms with E-state index in [1.807, 2.05) is 6.92 Å². The number of aliphatic carboxylic acids is 1. The summed E-state index contributed by atoms with van der Waals surface area (Å²) in [4.78, 5) is 9.43. The number of nitrogens with two attached hydrogens (primary N) is 1. The molecule has 0 spiro atoms. The number of carboxylic acids is 1. The van der Waals surface area contributed by atoms with Crippen LogP contribution in [0.3, 0.4) is 0 Å². The van der Waals surface area contributed by atoms with Crippen LogP contribution in [0.15, 0.2) is 29.2 Å². The molecule has 17 heavy (non-hydrogen) atoms. The molecule has 0 aliphatic carbocycles. The van der Waals surface area contributed by atoms with Crippen LogP contribution in [-0.4, -0.2) is 33.1 Å². The summed E-state index contributed by atoms with van der Waals surface area (Å²) in [5, 5.41) is 7.60. The summed E-state index contributed by atoms with van der Waals surface area (Å²) < 4.78 is 26.5. The summed E-state index contributed by atoms with van der Waals surface area (Å²) in [6.45, 7) is 1.61. The zero-order chi connectivity index (χ0) is 13.5. The van der Waals surface area contributed by atoms with E-state index in [0.717, 1.165) is 12.7 Å². The van der Waals surface area contributed by atoms with E-state index in [0.29, 0.717) is 0 Å². The summed E-state index contributed by atoms with van der Waals surface area (Å²) in [6.07, 6.45) is 0. The van der Waals surface area contributed by atoms with Crippen LogP contribution in [0.2, 0.25) is 0 Å². The Bertz CT molecular complexity index is 452. The highest BCUT2D eigenvalue weighted by Crippen LogP contribution is 2.11. The zero-order valence-electron chi connectivity index (χ0n) is 9.58. The Labute approximate surface area is 100 Å². The van der Waals surface area contributed by atoms with Gasteiger partial charge in [-0.05, 0) is 19.1 Å². The fourth-order valence-electron chi connectivity index (χ4n) is 0.801. The second-order valence-electron chi connectivity index (χ2n) is 3.03. The highest BCUT2D eigenvalue weighted by Gasteiger charge is 2.10. The fourth-order valence-corrected chi connectivity index (χ4v) is 1.46. The van der Waals surface area contributed by atoms with Crippen molar-refractivity contribution in [3.8, 4) is 0 Å². The van der Waals surface area contributed by atoms with Gasteiger partial charge >= 0.3 is 5.97 Å². The first kappa shape index (κ1) is 15.6. The van der Waals surface area contributed by atoms with Crippen LogP contribution < -0.4 is 5.73 Å². The zero-order valence-corrected chi connectivity index (χ0v) is 10.4. The molecular weight excluding hydrogens is 246 g/mol. The molecule has 6 nitrogen and oxygen atoms in total. The van der Waals surface area contributed by atoms with Gasteiger partial charge in [-0.15, -0.1) is 0 Å². The number of carboxylic acid groups (broad SMARTS) is 1. The molecule has 0 aromatic heterocycles. The fraction of sp³-hybridized carbons (Fsp3) is 0.300. The molecule has 1 aromatic rings. The molecule has 0 saturated carbocycles. The van der Waals surface area contributed by atoms with Crippen LogP contribution in [0.4, 0.5) is 0 Å². The van der Waals surface area contributed by atoms with Crippen LogP contribution in [0, 0.1) is 6.92 Å². The average molecular weight is 261 g/mol. The Kier molecular flexibility index (Phi) is 6.40. The van der Waals surface area contributed by atoms with Gasteiger partial charge in [-0.1, -0.05) is 17.7 Å². The first-order chi connectivity index (χ1) is 7.83. The lowest BCUT2D eigenvalue weighted by Crippen LogP contribution is -2.10. The maximum Gasteiger partial charge on any atom is 0.317 e. The Balaban J connectivity index is 0.000000437. The summed E-state index contributed by atoms with van der Waals surface area (Å²) >= 11 is 0. The SMILES string of the molecule is COS(=O)(=O)c1ccc(C)cc1.NCC(=O)O. The molecule has 0 saturated heterocycles. The first-order valence-corrected chi connectivity index (χ1v) is 6.03. The van der Waals surface area contributed by atoms with Crippen LogP contribution in [0.1, 0.15) is 5.56 Å². The van der Waals surface area contributed by atoms with E-state index in [4.69, 9.17) is 5.11 Å². The molecule has 0 aliphatic heterocycles. The second kappa shape index (κ2) is 7.00. The lowest BCUT2D eigenvalue weighted by atomic mass is 10.2. The van der Waals surface area contributed by atoms with Crippen molar-refractivity contribution in [3.05, 3.63) is 29.8 Å². The third-order valence-corrected chi connectivity index (χ3v) is 2.99. The number of hydrogen-bond acceptors (Lipinski definition) is 5. The molecule has 0 fully saturated rings. The predicted molar refractivity (Wildman–Crippen MR) is 62.1 cm³/mol. The Morgan fingerprint density at radius 2 is 1.76 bits per heavy atom. The Morgan fingerprint density at radius 1 is 1.35 bits per heavy atom. The molecule has 1 rings (SSSR count). The van der Waals surface area contributed by atoms with E-state index in [1.54, 1.807) is 12.1 Å². The summed E-state index contributed by atoms with van der Waals surface area (Å²) in [7, 11) is -2.37. The first-order valence-electron chi connectivity index (χ1n) is 4.62. The van der Waals surface area contributed by atoms with Gasteiger partial charge < -0.3 is 10.8 Å². The van der Waals surface area contributed by atoms with E-state index in [-0.39, 0.29) is 11.4 Å². The maximum atomic E-state index is 11.1. The molecule has 0 bridgehead atoms. The standard InChI is InChI=1S/C8H10O3S.C2H5NO2/c1-7-3-5-8(6-4-7)12(9,10)11-2;3-1-2(4)5/h3-6H,1-2H3;1,3H2,(H,4,5). The van der Waals surface area contributed by atoms with Crippen molar-refractivity contribution in [2.24, 2.45) is 5.73 Å². The van der Waals surface area contributed by atoms with Crippen molar-refractivity contribution >= 4 is 16.1 Å². The van der Waals surface area contributed by atoms with Gasteiger partial charge in [-0.2, -0.15) is 8.42 Å². The minimum absolute atomic E-state index is 0.190. The van der Waals surface area contributed by atoms with Crippen LogP contribution in [0.25, 0.3) is 0 Å². The molecule has 0 radical (unpaired) electrons. The monoisotopic (exact) mass is 261 g/mol. The normalized spacial score (nSPS) is 10.3. The van der Waals surface area contributed by atoms with Crippen molar-refractivity contribution in [2.75, 3.05) is 13.7 Å². The maximum absolute atomic E-state index is 11.1. The third kappa shape index (κ3) is 6.00. The molecule has 96 valence electrons. The Hall–Kier alpha value is -1.44. The molecule has 0 aliphatic rings. The third-order valence-electron chi connectivity index (χ3n) is 1.70. The van der Waals surface area contributed by atoms with E-state index in [9.17, 15) is 13.2 Å². The van der Waals surface area contributed by atoms with E-state index < -0.39 is 16.1 Å². The number of benzene rings is 1. The number of hydrogen-bond donors (Lipinski definition) is 2. The van der Waals surface area contributed by atoms with Crippen molar-refractivity contribution in [1.29, 1.82) is 0 Å². The van der Waals surface area contributed by atoms with Gasteiger partial charge in [-0.3, -0.25) is 8.98 Å². The molecule has 1 aromatic carbocycles. The second-order valence-corrected chi connectivity index (χ2v) is 4.74. The lowest BCUT2D eigenvalue weighted by Gasteiger charge is -2.00. The van der Waals surface area contributed by atoms with Gasteiger partial charge in [0.2, 0.25) is 0 Å². The van der Waals surface area contributed by atoms with E-state index in [2.05, 4.69) is 9.92 Å². The van der Waals surface area contributed by atoms with Gasteiger partial charge in [0.15, 0.2) is 0 Å². The van der Waals surface area contributed by atoms with Crippen molar-refractivity contribution in [1.82, 2.24) is 0 Å². The van der Waals surface area contributed by atoms with Gasteiger partial charge in [0.1, 0.15) is 0 Å². The van der Waals surface area contributed by atoms with Gasteiger partial charge in [0.25, 0.3) is 10.1 Å². The molecule has 0 atom stereocenters. The average Bonchev–Trinajstić information content (AvgIpc) is 2.30. The van der Waals surface area contributed by atoms with E-state index >= 15 is 0 Å². The summed E-state index contributed by atoms with van der Waals surface area (Å²) in [5.74, 6) is -0.968. The Morgan fingerprint density at radius 3 is 2.06 bits per heavy atom. The largest absolute Gasteiger partial charge is 0.480 e. The van der Waals surface area contributed by atoms with Crippen LogP contribution in [0.5, 0.6) is 0 Å². The smallest absolute Gasteiger partial charge is 0.317 e. The van der Waals surface area contributed by atoms with Crippen molar-refractivity contribution in [3.63, 3.8) is 0 Å². The highest BCUT2D eigenvalue weighted by atomic mass is 32.2. The van der Waals surface area contributed by atoms with Crippen molar-refractivity contribution in [2.45, 2.75) is 11.8 Å². The number of rotatable bonds is 3. The molecule has 3 N–H and O–H groups in total. The summed E-state index contributed by atoms with van der Waals surface area (Å²) in [5.41, 5.74) is 5.59. The van der Waals surface area contributed by atoms with Crippen LogP contribution in [-0.2, 0) is 19.1 Å². The molecule has 0 heterocycles. The highest BCUT2D eigenvalue weighted by molar-refractivity contribution is 7.86. The predicted octanol–water partition coefficient (Wildman–Crippen LogP) is 0.360. The minimum atomic E-state index is -3.51. The molecule has 0 unspecified atom stereocenters. The van der Waals surface area contributed by atoms with Crippen molar-refractivity contribution < 1.29 is 22.5 Å². The van der Waals surface area contributed by atoms with Gasteiger partial charge in [-0.25, -0.2) is 0 Å². The number of aryl methyl sites for hydroxylation is 1.